The van der Waals surface area contributed by atoms with Gasteiger partial charge in [-0.3, -0.25) is 4.79 Å². The third kappa shape index (κ3) is 3.63. The van der Waals surface area contributed by atoms with Crippen molar-refractivity contribution in [1.29, 1.82) is 0 Å². The highest BCUT2D eigenvalue weighted by molar-refractivity contribution is 5.85. The van der Waals surface area contributed by atoms with Gasteiger partial charge < -0.3 is 24.6 Å². The molecule has 0 aromatic heterocycles. The third-order valence-electron chi connectivity index (χ3n) is 3.31. The zero-order chi connectivity index (χ0) is 15.4. The molecule has 0 aliphatic carbocycles. The third-order valence-corrected chi connectivity index (χ3v) is 3.31. The van der Waals surface area contributed by atoms with Crippen molar-refractivity contribution in [2.75, 3.05) is 20.3 Å². The number of carbonyl (C=O) groups excluding carboxylic acids is 1. The number of nitrogens with zero attached hydrogens (tertiary/aromatic N) is 1. The number of hydrogen-bond acceptors (Lipinski definition) is 5. The van der Waals surface area contributed by atoms with Gasteiger partial charge in [0.1, 0.15) is 17.5 Å². The van der Waals surface area contributed by atoms with Gasteiger partial charge in [0.05, 0.1) is 13.2 Å². The first kappa shape index (κ1) is 15.1. The maximum absolute atomic E-state index is 12.0. The van der Waals surface area contributed by atoms with Crippen LogP contribution in [0.2, 0.25) is 0 Å². The van der Waals surface area contributed by atoms with Crippen LogP contribution < -0.4 is 9.47 Å². The van der Waals surface area contributed by atoms with E-state index in [1.54, 1.807) is 31.4 Å². The lowest BCUT2D eigenvalue weighted by atomic mass is 10.2. The summed E-state index contributed by atoms with van der Waals surface area (Å²) < 4.78 is 10.3. The fourth-order valence-corrected chi connectivity index (χ4v) is 2.22. The van der Waals surface area contributed by atoms with Gasteiger partial charge >= 0.3 is 5.97 Å². The first-order chi connectivity index (χ1) is 10.0. The van der Waals surface area contributed by atoms with Crippen molar-refractivity contribution in [3.63, 3.8) is 0 Å². The summed E-state index contributed by atoms with van der Waals surface area (Å²) in [4.78, 5) is 24.2. The Kier molecular flexibility index (Phi) is 4.64. The first-order valence-corrected chi connectivity index (χ1v) is 6.48. The van der Waals surface area contributed by atoms with Crippen LogP contribution in [0.3, 0.4) is 0 Å². The Morgan fingerprint density at radius 2 is 1.90 bits per heavy atom. The van der Waals surface area contributed by atoms with Gasteiger partial charge in [-0.2, -0.15) is 0 Å². The normalized spacial score (nSPS) is 21.1. The van der Waals surface area contributed by atoms with E-state index in [9.17, 15) is 14.7 Å². The van der Waals surface area contributed by atoms with E-state index in [2.05, 4.69) is 0 Å². The van der Waals surface area contributed by atoms with Crippen molar-refractivity contribution in [2.45, 2.75) is 18.6 Å². The molecule has 2 rings (SSSR count). The second-order valence-electron chi connectivity index (χ2n) is 4.75. The van der Waals surface area contributed by atoms with Gasteiger partial charge in [0.15, 0.2) is 6.61 Å². The second kappa shape index (κ2) is 6.45. The zero-order valence-corrected chi connectivity index (χ0v) is 11.6. The number of carboxylic acids is 1. The average molecular weight is 295 g/mol. The van der Waals surface area contributed by atoms with Crippen LogP contribution in [-0.2, 0) is 9.59 Å². The van der Waals surface area contributed by atoms with Crippen molar-refractivity contribution in [1.82, 2.24) is 4.90 Å². The minimum absolute atomic E-state index is 0.0156. The Hall–Kier alpha value is -2.28. The molecule has 7 nitrogen and oxygen atoms in total. The van der Waals surface area contributed by atoms with Crippen LogP contribution in [0, 0.1) is 0 Å². The molecule has 7 heteroatoms. The van der Waals surface area contributed by atoms with E-state index in [-0.39, 0.29) is 19.6 Å². The molecule has 1 unspecified atom stereocenters. The minimum atomic E-state index is -1.12. The molecule has 1 aromatic carbocycles. The number of β-amino-alcohol motifs (C(OH)–C–C–N with tert-alkyl or cyclic N) is 1. The maximum atomic E-state index is 12.0. The Balaban J connectivity index is 1.92. The molecule has 0 saturated carbocycles. The molecule has 1 fully saturated rings. The molecule has 1 aliphatic heterocycles. The fraction of sp³-hybridized carbons (Fsp3) is 0.429. The Morgan fingerprint density at radius 3 is 2.48 bits per heavy atom. The molecule has 114 valence electrons. The molecule has 1 aromatic rings. The van der Waals surface area contributed by atoms with E-state index < -0.39 is 24.0 Å². The van der Waals surface area contributed by atoms with Crippen LogP contribution in [0.4, 0.5) is 0 Å². The SMILES string of the molecule is COc1ccc(OCC(=O)N2CC(O)C[C@H]2C(=O)O)cc1. The summed E-state index contributed by atoms with van der Waals surface area (Å²) in [6.07, 6.45) is -0.764. The molecule has 1 aliphatic rings. The lowest BCUT2D eigenvalue weighted by molar-refractivity contribution is -0.148. The molecule has 1 amide bonds. The van der Waals surface area contributed by atoms with E-state index in [0.29, 0.717) is 11.5 Å². The quantitative estimate of drug-likeness (QED) is 0.801. The second-order valence-corrected chi connectivity index (χ2v) is 4.75. The number of carbonyl (C=O) groups is 2. The predicted molar refractivity (Wildman–Crippen MR) is 72.2 cm³/mol. The highest BCUT2D eigenvalue weighted by atomic mass is 16.5. The number of benzene rings is 1. The van der Waals surface area contributed by atoms with E-state index in [4.69, 9.17) is 14.6 Å². The number of likely N-dealkylation sites (tertiary alicyclic amines) is 1. The highest BCUT2D eigenvalue weighted by Gasteiger charge is 2.38. The van der Waals surface area contributed by atoms with Crippen LogP contribution in [0.25, 0.3) is 0 Å². The summed E-state index contributed by atoms with van der Waals surface area (Å²) in [5.74, 6) is -0.433. The number of hydrogen-bond donors (Lipinski definition) is 2. The Morgan fingerprint density at radius 1 is 1.29 bits per heavy atom. The van der Waals surface area contributed by atoms with Crippen molar-refractivity contribution < 1.29 is 29.3 Å². The Bertz CT molecular complexity index is 515. The van der Waals surface area contributed by atoms with Gasteiger partial charge in [-0.1, -0.05) is 0 Å². The molecule has 0 bridgehead atoms. The fourth-order valence-electron chi connectivity index (χ4n) is 2.22. The summed E-state index contributed by atoms with van der Waals surface area (Å²) in [7, 11) is 1.55. The van der Waals surface area contributed by atoms with E-state index >= 15 is 0 Å². The Labute approximate surface area is 121 Å². The number of carboxylic acid groups (broad SMARTS) is 1. The van der Waals surface area contributed by atoms with E-state index in [1.807, 2.05) is 0 Å². The van der Waals surface area contributed by atoms with Crippen LogP contribution in [0.15, 0.2) is 24.3 Å². The molecule has 2 N–H and O–H groups in total. The van der Waals surface area contributed by atoms with Crippen molar-refractivity contribution in [3.8, 4) is 11.5 Å². The molecular weight excluding hydrogens is 278 g/mol. The van der Waals surface area contributed by atoms with Gasteiger partial charge in [0.25, 0.3) is 5.91 Å². The van der Waals surface area contributed by atoms with Crippen LogP contribution in [0.1, 0.15) is 6.42 Å². The van der Waals surface area contributed by atoms with Crippen LogP contribution in [0.5, 0.6) is 11.5 Å². The lowest BCUT2D eigenvalue weighted by Gasteiger charge is -2.21. The molecule has 1 saturated heterocycles. The minimum Gasteiger partial charge on any atom is -0.497 e. The average Bonchev–Trinajstić information content (AvgIpc) is 2.87. The van der Waals surface area contributed by atoms with Crippen molar-refractivity contribution in [2.24, 2.45) is 0 Å². The van der Waals surface area contributed by atoms with Crippen LogP contribution >= 0.6 is 0 Å². The summed E-state index contributed by atoms with van der Waals surface area (Å²) in [6.45, 7) is -0.259. The summed E-state index contributed by atoms with van der Waals surface area (Å²) in [6, 6.07) is 5.70. The summed E-state index contributed by atoms with van der Waals surface area (Å²) in [5, 5.41) is 18.5. The first-order valence-electron chi connectivity index (χ1n) is 6.48. The van der Waals surface area contributed by atoms with Crippen molar-refractivity contribution in [3.05, 3.63) is 24.3 Å². The standard InChI is InChI=1S/C14H17NO6/c1-20-10-2-4-11(5-3-10)21-8-13(17)15-7-9(16)6-12(15)14(18)19/h2-5,9,12,16H,6-8H2,1H3,(H,18,19)/t9?,12-/m0/s1. The van der Waals surface area contributed by atoms with Crippen LogP contribution in [-0.4, -0.2) is 59.4 Å². The van der Waals surface area contributed by atoms with Crippen molar-refractivity contribution >= 4 is 11.9 Å². The monoisotopic (exact) mass is 295 g/mol. The predicted octanol–water partition coefficient (Wildman–Crippen LogP) is 0.120. The number of methoxy groups -OCH3 is 1. The largest absolute Gasteiger partial charge is 0.497 e. The number of aliphatic hydroxyl groups is 1. The topological polar surface area (TPSA) is 96.3 Å². The molecular formula is C14H17NO6. The maximum Gasteiger partial charge on any atom is 0.326 e. The molecule has 2 atom stereocenters. The molecule has 1 heterocycles. The number of amides is 1. The number of ether oxygens (including phenoxy) is 2. The van der Waals surface area contributed by atoms with Gasteiger partial charge in [0, 0.05) is 13.0 Å². The molecule has 0 spiro atoms. The highest BCUT2D eigenvalue weighted by Crippen LogP contribution is 2.20. The van der Waals surface area contributed by atoms with Gasteiger partial charge in [-0.05, 0) is 24.3 Å². The lowest BCUT2D eigenvalue weighted by Crippen LogP contribution is -2.42. The number of rotatable bonds is 5. The van der Waals surface area contributed by atoms with E-state index in [0.717, 1.165) is 4.90 Å². The van der Waals surface area contributed by atoms with Gasteiger partial charge in [0.2, 0.25) is 0 Å². The molecule has 21 heavy (non-hydrogen) atoms. The number of aliphatic hydroxyl groups excluding tert-OH is 1. The zero-order valence-electron chi connectivity index (χ0n) is 11.6. The molecule has 0 radical (unpaired) electrons. The smallest absolute Gasteiger partial charge is 0.326 e. The van der Waals surface area contributed by atoms with Gasteiger partial charge in [-0.15, -0.1) is 0 Å². The summed E-state index contributed by atoms with van der Waals surface area (Å²) in [5.41, 5.74) is 0. The van der Waals surface area contributed by atoms with Gasteiger partial charge in [-0.25, -0.2) is 4.79 Å². The van der Waals surface area contributed by atoms with E-state index in [1.165, 1.54) is 0 Å². The summed E-state index contributed by atoms with van der Waals surface area (Å²) >= 11 is 0. The number of aliphatic carboxylic acids is 1.